The molecule has 1 aliphatic heterocycles. The second-order valence-electron chi connectivity index (χ2n) is 4.32. The monoisotopic (exact) mass is 216 g/mol. The second kappa shape index (κ2) is 7.55. The summed E-state index contributed by atoms with van der Waals surface area (Å²) in [6.07, 6.45) is 6.30. The summed E-state index contributed by atoms with van der Waals surface area (Å²) < 4.78 is 0. The average molecular weight is 216 g/mol. The van der Waals surface area contributed by atoms with Gasteiger partial charge in [0.15, 0.2) is 0 Å². The summed E-state index contributed by atoms with van der Waals surface area (Å²) in [5.41, 5.74) is 0. The molecule has 1 atom stereocenters. The average Bonchev–Trinajstić information content (AvgIpc) is 2.20. The van der Waals surface area contributed by atoms with Crippen LogP contribution in [-0.4, -0.2) is 50.1 Å². The van der Waals surface area contributed by atoms with Gasteiger partial charge in [-0.25, -0.2) is 0 Å². The lowest BCUT2D eigenvalue weighted by molar-refractivity contribution is 0.244. The van der Waals surface area contributed by atoms with Crippen LogP contribution in [0.2, 0.25) is 0 Å². The molecule has 1 N–H and O–H groups in total. The first-order chi connectivity index (χ1) is 6.83. The van der Waals surface area contributed by atoms with E-state index < -0.39 is 0 Å². The van der Waals surface area contributed by atoms with Crippen LogP contribution < -0.4 is 5.32 Å². The Balaban J connectivity index is 2.03. The maximum absolute atomic E-state index is 3.48. The maximum Gasteiger partial charge on any atom is 0.00188 e. The van der Waals surface area contributed by atoms with Gasteiger partial charge in [-0.2, -0.15) is 11.8 Å². The molecule has 14 heavy (non-hydrogen) atoms. The molecule has 1 unspecified atom stereocenters. The van der Waals surface area contributed by atoms with Gasteiger partial charge in [0.1, 0.15) is 0 Å². The van der Waals surface area contributed by atoms with E-state index in [4.69, 9.17) is 0 Å². The highest BCUT2D eigenvalue weighted by atomic mass is 32.2. The van der Waals surface area contributed by atoms with Gasteiger partial charge in [0.25, 0.3) is 0 Å². The largest absolute Gasteiger partial charge is 0.316 e. The van der Waals surface area contributed by atoms with Crippen LogP contribution in [-0.2, 0) is 0 Å². The highest BCUT2D eigenvalue weighted by Gasteiger charge is 2.14. The number of thioether (sulfide) groups is 1. The van der Waals surface area contributed by atoms with Crippen LogP contribution in [0.15, 0.2) is 0 Å². The molecule has 0 aromatic heterocycles. The molecular weight excluding hydrogens is 192 g/mol. The summed E-state index contributed by atoms with van der Waals surface area (Å²) in [6.45, 7) is 5.00. The molecule has 0 amide bonds. The standard InChI is InChI=1S/C11H24N2S/c1-13(7-4-8-14-2)10-11-5-3-6-12-9-11/h11-12H,3-10H2,1-2H3. The lowest BCUT2D eigenvalue weighted by atomic mass is 9.99. The quantitative estimate of drug-likeness (QED) is 0.680. The summed E-state index contributed by atoms with van der Waals surface area (Å²) in [4.78, 5) is 2.49. The van der Waals surface area contributed by atoms with Gasteiger partial charge in [-0.15, -0.1) is 0 Å². The van der Waals surface area contributed by atoms with Gasteiger partial charge in [0.05, 0.1) is 0 Å². The SMILES string of the molecule is CSCCCN(C)CC1CCCNC1. The Morgan fingerprint density at radius 2 is 2.36 bits per heavy atom. The molecule has 0 spiro atoms. The second-order valence-corrected chi connectivity index (χ2v) is 5.31. The van der Waals surface area contributed by atoms with E-state index in [2.05, 4.69) is 23.5 Å². The Bertz CT molecular complexity index is 135. The van der Waals surface area contributed by atoms with Crippen LogP contribution in [0.3, 0.4) is 0 Å². The summed E-state index contributed by atoms with van der Waals surface area (Å²) in [5.74, 6) is 2.19. The van der Waals surface area contributed by atoms with Crippen molar-refractivity contribution in [2.24, 2.45) is 5.92 Å². The van der Waals surface area contributed by atoms with Crippen molar-refractivity contribution in [2.45, 2.75) is 19.3 Å². The Kier molecular flexibility index (Phi) is 6.65. The highest BCUT2D eigenvalue weighted by Crippen LogP contribution is 2.11. The zero-order valence-corrected chi connectivity index (χ0v) is 10.4. The molecule has 0 aliphatic carbocycles. The minimum atomic E-state index is 0.892. The van der Waals surface area contributed by atoms with E-state index in [0.29, 0.717) is 0 Å². The Morgan fingerprint density at radius 3 is 3.00 bits per heavy atom. The van der Waals surface area contributed by atoms with Crippen molar-refractivity contribution >= 4 is 11.8 Å². The summed E-state index contributed by atoms with van der Waals surface area (Å²) >= 11 is 1.95. The topological polar surface area (TPSA) is 15.3 Å². The van der Waals surface area contributed by atoms with Crippen molar-refractivity contribution < 1.29 is 0 Å². The number of nitrogens with zero attached hydrogens (tertiary/aromatic N) is 1. The van der Waals surface area contributed by atoms with E-state index in [-0.39, 0.29) is 0 Å². The van der Waals surface area contributed by atoms with E-state index in [0.717, 1.165) is 5.92 Å². The fourth-order valence-electron chi connectivity index (χ4n) is 2.09. The Hall–Kier alpha value is 0.270. The van der Waals surface area contributed by atoms with Crippen molar-refractivity contribution in [1.82, 2.24) is 10.2 Å². The van der Waals surface area contributed by atoms with Crippen LogP contribution in [0.5, 0.6) is 0 Å². The number of hydrogen-bond donors (Lipinski definition) is 1. The molecule has 1 aliphatic rings. The minimum absolute atomic E-state index is 0.892. The molecule has 0 radical (unpaired) electrons. The zero-order valence-electron chi connectivity index (χ0n) is 9.59. The van der Waals surface area contributed by atoms with Gasteiger partial charge in [-0.3, -0.25) is 0 Å². The van der Waals surface area contributed by atoms with Crippen LogP contribution in [0.1, 0.15) is 19.3 Å². The third-order valence-corrected chi connectivity index (χ3v) is 3.55. The van der Waals surface area contributed by atoms with Crippen LogP contribution in [0.4, 0.5) is 0 Å². The smallest absolute Gasteiger partial charge is 0.00188 e. The molecular formula is C11H24N2S. The summed E-state index contributed by atoms with van der Waals surface area (Å²) in [5, 5.41) is 3.48. The zero-order chi connectivity index (χ0) is 10.2. The van der Waals surface area contributed by atoms with E-state index in [1.807, 2.05) is 11.8 Å². The van der Waals surface area contributed by atoms with Crippen molar-refractivity contribution in [3.8, 4) is 0 Å². The van der Waals surface area contributed by atoms with Crippen LogP contribution >= 0.6 is 11.8 Å². The van der Waals surface area contributed by atoms with E-state index in [1.165, 1.54) is 51.2 Å². The molecule has 0 saturated carbocycles. The Morgan fingerprint density at radius 1 is 1.50 bits per heavy atom. The van der Waals surface area contributed by atoms with E-state index in [9.17, 15) is 0 Å². The van der Waals surface area contributed by atoms with Gasteiger partial charge in [0, 0.05) is 6.54 Å². The molecule has 0 aromatic carbocycles. The van der Waals surface area contributed by atoms with Gasteiger partial charge in [-0.05, 0) is 63.9 Å². The van der Waals surface area contributed by atoms with E-state index in [1.54, 1.807) is 0 Å². The number of piperidine rings is 1. The normalized spacial score (nSPS) is 22.9. The van der Waals surface area contributed by atoms with Crippen molar-refractivity contribution in [2.75, 3.05) is 45.2 Å². The summed E-state index contributed by atoms with van der Waals surface area (Å²) in [7, 11) is 2.26. The van der Waals surface area contributed by atoms with Gasteiger partial charge >= 0.3 is 0 Å². The highest BCUT2D eigenvalue weighted by molar-refractivity contribution is 7.98. The molecule has 0 bridgehead atoms. The molecule has 1 saturated heterocycles. The summed E-state index contributed by atoms with van der Waals surface area (Å²) in [6, 6.07) is 0. The van der Waals surface area contributed by atoms with Gasteiger partial charge in [0.2, 0.25) is 0 Å². The third kappa shape index (κ3) is 5.23. The van der Waals surface area contributed by atoms with Gasteiger partial charge < -0.3 is 10.2 Å². The lowest BCUT2D eigenvalue weighted by Gasteiger charge is -2.27. The minimum Gasteiger partial charge on any atom is -0.316 e. The van der Waals surface area contributed by atoms with E-state index >= 15 is 0 Å². The molecule has 3 heteroatoms. The molecule has 2 nitrogen and oxygen atoms in total. The third-order valence-electron chi connectivity index (χ3n) is 2.86. The first kappa shape index (κ1) is 12.3. The number of hydrogen-bond acceptors (Lipinski definition) is 3. The number of rotatable bonds is 6. The first-order valence-electron chi connectivity index (χ1n) is 5.71. The fourth-order valence-corrected chi connectivity index (χ4v) is 2.51. The van der Waals surface area contributed by atoms with Crippen molar-refractivity contribution in [3.05, 3.63) is 0 Å². The fraction of sp³-hybridized carbons (Fsp3) is 1.00. The van der Waals surface area contributed by atoms with Crippen LogP contribution in [0, 0.1) is 5.92 Å². The predicted molar refractivity (Wildman–Crippen MR) is 66.1 cm³/mol. The predicted octanol–water partition coefficient (Wildman–Crippen LogP) is 1.67. The lowest BCUT2D eigenvalue weighted by Crippen LogP contribution is -2.37. The van der Waals surface area contributed by atoms with Crippen molar-refractivity contribution in [3.63, 3.8) is 0 Å². The van der Waals surface area contributed by atoms with Crippen molar-refractivity contribution in [1.29, 1.82) is 0 Å². The van der Waals surface area contributed by atoms with Crippen LogP contribution in [0.25, 0.3) is 0 Å². The van der Waals surface area contributed by atoms with Gasteiger partial charge in [-0.1, -0.05) is 0 Å². The molecule has 0 aromatic rings. The molecule has 84 valence electrons. The number of nitrogens with one attached hydrogen (secondary N) is 1. The Labute approximate surface area is 92.8 Å². The molecule has 1 rings (SSSR count). The maximum atomic E-state index is 3.48. The first-order valence-corrected chi connectivity index (χ1v) is 7.10. The molecule has 1 heterocycles. The molecule has 1 fully saturated rings.